The van der Waals surface area contributed by atoms with E-state index in [-0.39, 0.29) is 25.9 Å². The van der Waals surface area contributed by atoms with Crippen LogP contribution in [0.25, 0.3) is 0 Å². The van der Waals surface area contributed by atoms with Crippen LogP contribution in [0.1, 0.15) is 265 Å². The van der Waals surface area contributed by atoms with E-state index in [1.165, 1.54) is 109 Å². The minimum absolute atomic E-state index is 0.170. The third kappa shape index (κ3) is 47.0. The maximum Gasteiger partial charge on any atom is 0.472 e. The molecule has 0 rings (SSSR count). The fraction of sp³-hybridized carbons (Fsp3) is 0.870. The summed E-state index contributed by atoms with van der Waals surface area (Å²) in [5.74, 6) is -1.47. The van der Waals surface area contributed by atoms with Gasteiger partial charge in [0, 0.05) is 19.3 Å². The predicted octanol–water partition coefficient (Wildman–Crippen LogP) is 15.5. The summed E-state index contributed by atoms with van der Waals surface area (Å²) in [4.78, 5) is 48.3. The van der Waals surface area contributed by atoms with Gasteiger partial charge in [0.2, 0.25) is 0 Å². The molecule has 0 aromatic carbocycles. The molecule has 0 bridgehead atoms. The Morgan fingerprint density at radius 3 is 1.09 bits per heavy atom. The van der Waals surface area contributed by atoms with Crippen LogP contribution in [0.2, 0.25) is 0 Å². The number of carbonyl (C=O) groups is 3. The van der Waals surface area contributed by atoms with Gasteiger partial charge in [0.15, 0.2) is 6.10 Å². The van der Waals surface area contributed by atoms with Gasteiger partial charge in [0.05, 0.1) is 19.8 Å². The van der Waals surface area contributed by atoms with Crippen molar-refractivity contribution < 1.29 is 52.2 Å². The van der Waals surface area contributed by atoms with Crippen LogP contribution in [-0.4, -0.2) is 66.5 Å². The first-order valence-corrected chi connectivity index (χ1v) is 28.7. The van der Waals surface area contributed by atoms with E-state index in [0.717, 1.165) is 96.3 Å². The number of phosphoric acid groups is 1. The summed E-state index contributed by atoms with van der Waals surface area (Å²) in [5.41, 5.74) is 0. The van der Waals surface area contributed by atoms with E-state index >= 15 is 0 Å². The van der Waals surface area contributed by atoms with Crippen LogP contribution in [0.3, 0.4) is 0 Å². The Labute approximate surface area is 404 Å². The lowest BCUT2D eigenvalue weighted by atomic mass is 10.0. The van der Waals surface area contributed by atoms with Gasteiger partial charge in [0.1, 0.15) is 12.7 Å². The van der Waals surface area contributed by atoms with Gasteiger partial charge in [-0.15, -0.1) is 0 Å². The zero-order valence-corrected chi connectivity index (χ0v) is 43.6. The predicted molar refractivity (Wildman–Crippen MR) is 270 cm³/mol. The van der Waals surface area contributed by atoms with Crippen LogP contribution in [0.15, 0.2) is 24.3 Å². The Hall–Kier alpha value is -2.04. The molecular weight excluding hydrogens is 856 g/mol. The molecule has 0 aromatic rings. The molecule has 0 saturated carbocycles. The van der Waals surface area contributed by atoms with Gasteiger partial charge in [0.25, 0.3) is 0 Å². The van der Waals surface area contributed by atoms with Crippen molar-refractivity contribution in [2.24, 2.45) is 0 Å². The topological polar surface area (TPSA) is 155 Å². The third-order valence-electron chi connectivity index (χ3n) is 11.8. The maximum absolute atomic E-state index is 12.9. The van der Waals surface area contributed by atoms with Crippen LogP contribution in [0, 0.1) is 0 Å². The summed E-state index contributed by atoms with van der Waals surface area (Å²) in [7, 11) is -4.74. The van der Waals surface area contributed by atoms with Crippen LogP contribution in [0.5, 0.6) is 0 Å². The largest absolute Gasteiger partial charge is 0.472 e. The van der Waals surface area contributed by atoms with E-state index in [1.54, 1.807) is 0 Å². The number of aliphatic hydroxyl groups excluding tert-OH is 1. The first-order valence-electron chi connectivity index (χ1n) is 27.2. The minimum Gasteiger partial charge on any atom is -0.462 e. The van der Waals surface area contributed by atoms with E-state index in [2.05, 4.69) is 45.1 Å². The Morgan fingerprint density at radius 1 is 0.409 bits per heavy atom. The van der Waals surface area contributed by atoms with Crippen molar-refractivity contribution in [1.82, 2.24) is 0 Å². The summed E-state index contributed by atoms with van der Waals surface area (Å²) in [6.45, 7) is 4.57. The van der Waals surface area contributed by atoms with E-state index < -0.39 is 57.8 Å². The average Bonchev–Trinajstić information content (AvgIpc) is 3.30. The molecule has 0 spiro atoms. The first-order chi connectivity index (χ1) is 32.2. The van der Waals surface area contributed by atoms with Gasteiger partial charge >= 0.3 is 25.7 Å². The number of unbranched alkanes of at least 4 members (excludes halogenated alkanes) is 30. The molecule has 0 saturated heterocycles. The smallest absolute Gasteiger partial charge is 0.462 e. The highest BCUT2D eigenvalue weighted by molar-refractivity contribution is 7.47. The highest BCUT2D eigenvalue weighted by atomic mass is 31.2. The standard InChI is InChI=1S/C54H101O11P/c1-4-7-10-13-16-19-22-23-24-25-26-27-30-33-36-39-42-45-54(58)65-51(47-61-52(56)43-40-37-34-31-28-20-17-14-11-8-5-2)49-63-66(59,60)62-48-50(46-55)64-53(57)44-41-38-35-32-29-21-18-15-12-9-6-3/h14-15,17-18,50-51,55H,4-13,16,19-49H2,1-3H3,(H,59,60)/b17-14-,18-15-. The molecule has 0 aromatic heterocycles. The van der Waals surface area contributed by atoms with Crippen LogP contribution in [-0.2, 0) is 42.2 Å². The number of ether oxygens (including phenoxy) is 3. The zero-order chi connectivity index (χ0) is 48.4. The molecule has 3 atom stereocenters. The molecule has 12 heteroatoms. The molecule has 66 heavy (non-hydrogen) atoms. The summed E-state index contributed by atoms with van der Waals surface area (Å²) in [5, 5.41) is 9.76. The summed E-state index contributed by atoms with van der Waals surface area (Å²) in [6, 6.07) is 0. The van der Waals surface area contributed by atoms with E-state index in [1.807, 2.05) is 0 Å². The summed E-state index contributed by atoms with van der Waals surface area (Å²) < 4.78 is 39.4. The lowest BCUT2D eigenvalue weighted by Crippen LogP contribution is -2.30. The van der Waals surface area contributed by atoms with Crippen molar-refractivity contribution in [3.8, 4) is 0 Å². The van der Waals surface area contributed by atoms with E-state index in [9.17, 15) is 28.9 Å². The van der Waals surface area contributed by atoms with Gasteiger partial charge in [-0.05, 0) is 57.8 Å². The van der Waals surface area contributed by atoms with Gasteiger partial charge in [-0.2, -0.15) is 0 Å². The van der Waals surface area contributed by atoms with Gasteiger partial charge in [-0.3, -0.25) is 23.4 Å². The Morgan fingerprint density at radius 2 is 0.712 bits per heavy atom. The molecular formula is C54H101O11P. The number of rotatable bonds is 51. The van der Waals surface area contributed by atoms with Crippen molar-refractivity contribution in [2.75, 3.05) is 26.4 Å². The molecule has 11 nitrogen and oxygen atoms in total. The van der Waals surface area contributed by atoms with Crippen LogP contribution < -0.4 is 0 Å². The van der Waals surface area contributed by atoms with Crippen molar-refractivity contribution >= 4 is 25.7 Å². The van der Waals surface area contributed by atoms with Crippen molar-refractivity contribution in [1.29, 1.82) is 0 Å². The van der Waals surface area contributed by atoms with Crippen molar-refractivity contribution in [3.05, 3.63) is 24.3 Å². The van der Waals surface area contributed by atoms with Gasteiger partial charge in [-0.1, -0.05) is 212 Å². The second-order valence-electron chi connectivity index (χ2n) is 18.4. The molecule has 0 heterocycles. The Balaban J connectivity index is 4.69. The second kappa shape index (κ2) is 49.4. The number of hydrogen-bond donors (Lipinski definition) is 2. The number of carbonyl (C=O) groups excluding carboxylic acids is 3. The van der Waals surface area contributed by atoms with E-state index in [4.69, 9.17) is 23.3 Å². The van der Waals surface area contributed by atoms with E-state index in [0.29, 0.717) is 19.3 Å². The summed E-state index contributed by atoms with van der Waals surface area (Å²) in [6.07, 6.45) is 47.2. The molecule has 0 aliphatic rings. The first kappa shape index (κ1) is 64.0. The lowest BCUT2D eigenvalue weighted by molar-refractivity contribution is -0.161. The third-order valence-corrected chi connectivity index (χ3v) is 12.8. The molecule has 388 valence electrons. The highest BCUT2D eigenvalue weighted by Crippen LogP contribution is 2.43. The number of allylic oxidation sites excluding steroid dienone is 4. The highest BCUT2D eigenvalue weighted by Gasteiger charge is 2.28. The fourth-order valence-electron chi connectivity index (χ4n) is 7.61. The molecule has 0 radical (unpaired) electrons. The number of aliphatic hydroxyl groups is 1. The SMILES string of the molecule is CCCC/C=C\CCCCCCCC(=O)OCC(COP(=O)(O)OCC(CO)OC(=O)CCCCCCC/C=C\CCCC)OC(=O)CCCCCCCCCCCCCCCCCCC. The lowest BCUT2D eigenvalue weighted by Gasteiger charge is -2.21. The zero-order valence-electron chi connectivity index (χ0n) is 42.7. The van der Waals surface area contributed by atoms with Crippen LogP contribution >= 0.6 is 7.82 Å². The molecule has 2 N–H and O–H groups in total. The quantitative estimate of drug-likeness (QED) is 0.0197. The monoisotopic (exact) mass is 957 g/mol. The molecule has 0 amide bonds. The normalized spacial score (nSPS) is 13.6. The Bertz CT molecular complexity index is 1210. The summed E-state index contributed by atoms with van der Waals surface area (Å²) >= 11 is 0. The minimum atomic E-state index is -4.74. The van der Waals surface area contributed by atoms with Gasteiger partial charge in [-0.25, -0.2) is 4.57 Å². The molecule has 0 aliphatic carbocycles. The second-order valence-corrected chi connectivity index (χ2v) is 19.8. The number of hydrogen-bond acceptors (Lipinski definition) is 10. The number of phosphoric ester groups is 1. The maximum atomic E-state index is 12.9. The van der Waals surface area contributed by atoms with Gasteiger partial charge < -0.3 is 24.2 Å². The molecule has 0 fully saturated rings. The number of esters is 3. The van der Waals surface area contributed by atoms with Crippen LogP contribution in [0.4, 0.5) is 0 Å². The fourth-order valence-corrected chi connectivity index (χ4v) is 8.40. The van der Waals surface area contributed by atoms with Crippen molar-refractivity contribution in [2.45, 2.75) is 277 Å². The molecule has 0 aliphatic heterocycles. The average molecular weight is 957 g/mol. The molecule has 3 unspecified atom stereocenters. The Kier molecular flexibility index (Phi) is 47.9. The van der Waals surface area contributed by atoms with Crippen molar-refractivity contribution in [3.63, 3.8) is 0 Å².